The Morgan fingerprint density at radius 2 is 2.00 bits per heavy atom. The lowest BCUT2D eigenvalue weighted by Crippen LogP contribution is -1.82. The van der Waals surface area contributed by atoms with Crippen LogP contribution in [0.4, 0.5) is 0 Å². The molecule has 0 atom stereocenters. The van der Waals surface area contributed by atoms with Crippen molar-refractivity contribution in [2.45, 2.75) is 13.8 Å². The number of aromatic amines is 1. The van der Waals surface area contributed by atoms with Crippen LogP contribution in [0.5, 0.6) is 0 Å². The molecule has 3 rings (SSSR count). The maximum atomic E-state index is 6.02. The van der Waals surface area contributed by atoms with Crippen LogP contribution < -0.4 is 0 Å². The van der Waals surface area contributed by atoms with Gasteiger partial charge < -0.3 is 4.98 Å². The molecular formula is C14H12ClN3. The van der Waals surface area contributed by atoms with Gasteiger partial charge in [-0.05, 0) is 49.2 Å². The van der Waals surface area contributed by atoms with Crippen LogP contribution in [0.25, 0.3) is 22.6 Å². The number of imidazole rings is 1. The Labute approximate surface area is 110 Å². The van der Waals surface area contributed by atoms with Crippen LogP contribution in [0.15, 0.2) is 30.5 Å². The average Bonchev–Trinajstić information content (AvgIpc) is 2.75. The van der Waals surface area contributed by atoms with E-state index in [2.05, 4.69) is 15.0 Å². The van der Waals surface area contributed by atoms with Crippen LogP contribution in [0.2, 0.25) is 5.02 Å². The second kappa shape index (κ2) is 4.10. The number of fused-ring (bicyclic) bond motifs is 1. The van der Waals surface area contributed by atoms with Gasteiger partial charge in [-0.25, -0.2) is 9.97 Å². The zero-order valence-corrected chi connectivity index (χ0v) is 10.9. The SMILES string of the molecule is Cc1cnc2nc(-c3ccc(Cl)c(C)c3)[nH]c2c1. The molecule has 2 heterocycles. The molecule has 0 amide bonds. The monoisotopic (exact) mass is 257 g/mol. The van der Waals surface area contributed by atoms with Crippen LogP contribution in [-0.2, 0) is 0 Å². The summed E-state index contributed by atoms with van der Waals surface area (Å²) in [7, 11) is 0. The smallest absolute Gasteiger partial charge is 0.178 e. The van der Waals surface area contributed by atoms with Crippen molar-refractivity contribution in [1.29, 1.82) is 0 Å². The van der Waals surface area contributed by atoms with Crippen LogP contribution in [0, 0.1) is 13.8 Å². The first-order valence-corrected chi connectivity index (χ1v) is 6.10. The van der Waals surface area contributed by atoms with Gasteiger partial charge in [-0.3, -0.25) is 0 Å². The topological polar surface area (TPSA) is 41.6 Å². The molecule has 0 spiro atoms. The average molecular weight is 258 g/mol. The normalized spacial score (nSPS) is 11.1. The van der Waals surface area contributed by atoms with Gasteiger partial charge in [-0.1, -0.05) is 11.6 Å². The van der Waals surface area contributed by atoms with Gasteiger partial charge in [-0.2, -0.15) is 0 Å². The quantitative estimate of drug-likeness (QED) is 0.718. The van der Waals surface area contributed by atoms with Crippen molar-refractivity contribution in [3.63, 3.8) is 0 Å². The van der Waals surface area contributed by atoms with E-state index in [0.29, 0.717) is 0 Å². The molecular weight excluding hydrogens is 246 g/mol. The molecule has 90 valence electrons. The number of aryl methyl sites for hydroxylation is 2. The summed E-state index contributed by atoms with van der Waals surface area (Å²) in [6, 6.07) is 7.91. The number of nitrogens with zero attached hydrogens (tertiary/aromatic N) is 2. The van der Waals surface area contributed by atoms with Crippen LogP contribution in [-0.4, -0.2) is 15.0 Å². The van der Waals surface area contributed by atoms with E-state index in [0.717, 1.165) is 38.7 Å². The van der Waals surface area contributed by atoms with Crippen molar-refractivity contribution < 1.29 is 0 Å². The summed E-state index contributed by atoms with van der Waals surface area (Å²) < 4.78 is 0. The minimum Gasteiger partial charge on any atom is -0.337 e. The maximum absolute atomic E-state index is 6.02. The number of H-pyrrole nitrogens is 1. The van der Waals surface area contributed by atoms with E-state index in [9.17, 15) is 0 Å². The van der Waals surface area contributed by atoms with Gasteiger partial charge in [0.1, 0.15) is 5.82 Å². The standard InChI is InChI=1S/C14H12ClN3/c1-8-5-12-14(16-7-8)18-13(17-12)10-3-4-11(15)9(2)6-10/h3-7H,1-2H3,(H,16,17,18). The third-order valence-corrected chi connectivity index (χ3v) is 3.33. The molecule has 1 aromatic carbocycles. The second-order valence-electron chi connectivity index (χ2n) is 4.43. The highest BCUT2D eigenvalue weighted by Crippen LogP contribution is 2.24. The summed E-state index contributed by atoms with van der Waals surface area (Å²) in [5, 5.41) is 0.767. The predicted molar refractivity (Wildman–Crippen MR) is 73.8 cm³/mol. The van der Waals surface area contributed by atoms with Crippen molar-refractivity contribution in [1.82, 2.24) is 15.0 Å². The van der Waals surface area contributed by atoms with Crippen molar-refractivity contribution >= 4 is 22.8 Å². The Kier molecular flexibility index (Phi) is 2.56. The van der Waals surface area contributed by atoms with Gasteiger partial charge in [0, 0.05) is 16.8 Å². The van der Waals surface area contributed by atoms with Gasteiger partial charge in [0.05, 0.1) is 5.52 Å². The number of hydrogen-bond acceptors (Lipinski definition) is 2. The van der Waals surface area contributed by atoms with E-state index in [1.54, 1.807) is 0 Å². The summed E-state index contributed by atoms with van der Waals surface area (Å²) in [4.78, 5) is 12.1. The molecule has 3 aromatic rings. The number of aromatic nitrogens is 3. The predicted octanol–water partition coefficient (Wildman–Crippen LogP) is 3.90. The Bertz CT molecular complexity index is 731. The number of benzene rings is 1. The minimum absolute atomic E-state index is 0.739. The largest absolute Gasteiger partial charge is 0.337 e. The summed E-state index contributed by atoms with van der Waals surface area (Å²) in [5.74, 6) is 0.822. The first-order chi connectivity index (χ1) is 8.63. The van der Waals surface area contributed by atoms with E-state index in [-0.39, 0.29) is 0 Å². The highest BCUT2D eigenvalue weighted by molar-refractivity contribution is 6.31. The summed E-state index contributed by atoms with van der Waals surface area (Å²) >= 11 is 6.02. The first kappa shape index (κ1) is 11.2. The number of pyridine rings is 1. The highest BCUT2D eigenvalue weighted by atomic mass is 35.5. The number of nitrogens with one attached hydrogen (secondary N) is 1. The lowest BCUT2D eigenvalue weighted by Gasteiger charge is -2.00. The third-order valence-electron chi connectivity index (χ3n) is 2.91. The molecule has 0 aliphatic heterocycles. The van der Waals surface area contributed by atoms with Crippen molar-refractivity contribution in [3.05, 3.63) is 46.6 Å². The van der Waals surface area contributed by atoms with E-state index < -0.39 is 0 Å². The molecule has 0 saturated carbocycles. The molecule has 4 heteroatoms. The Morgan fingerprint density at radius 1 is 1.17 bits per heavy atom. The maximum Gasteiger partial charge on any atom is 0.178 e. The Balaban J connectivity index is 2.16. The van der Waals surface area contributed by atoms with Crippen molar-refractivity contribution in [2.24, 2.45) is 0 Å². The van der Waals surface area contributed by atoms with Crippen molar-refractivity contribution in [2.75, 3.05) is 0 Å². The fourth-order valence-corrected chi connectivity index (χ4v) is 2.05. The zero-order chi connectivity index (χ0) is 12.7. The van der Waals surface area contributed by atoms with Gasteiger partial charge >= 0.3 is 0 Å². The second-order valence-corrected chi connectivity index (χ2v) is 4.84. The first-order valence-electron chi connectivity index (χ1n) is 5.72. The van der Waals surface area contributed by atoms with E-state index in [1.807, 2.05) is 44.3 Å². The van der Waals surface area contributed by atoms with Crippen LogP contribution in [0.3, 0.4) is 0 Å². The molecule has 0 radical (unpaired) electrons. The lowest BCUT2D eigenvalue weighted by atomic mass is 10.1. The molecule has 0 aliphatic carbocycles. The minimum atomic E-state index is 0.739. The molecule has 18 heavy (non-hydrogen) atoms. The van der Waals surface area contributed by atoms with E-state index in [4.69, 9.17) is 11.6 Å². The highest BCUT2D eigenvalue weighted by Gasteiger charge is 2.07. The van der Waals surface area contributed by atoms with Gasteiger partial charge in [0.25, 0.3) is 0 Å². The zero-order valence-electron chi connectivity index (χ0n) is 10.2. The van der Waals surface area contributed by atoms with Gasteiger partial charge in [-0.15, -0.1) is 0 Å². The molecule has 0 unspecified atom stereocenters. The lowest BCUT2D eigenvalue weighted by molar-refractivity contribution is 1.28. The van der Waals surface area contributed by atoms with Crippen molar-refractivity contribution in [3.8, 4) is 11.4 Å². The Hall–Kier alpha value is -1.87. The van der Waals surface area contributed by atoms with E-state index >= 15 is 0 Å². The summed E-state index contributed by atoms with van der Waals surface area (Å²) in [5.41, 5.74) is 4.87. The number of rotatable bonds is 1. The molecule has 3 nitrogen and oxygen atoms in total. The number of hydrogen-bond donors (Lipinski definition) is 1. The van der Waals surface area contributed by atoms with Gasteiger partial charge in [0.15, 0.2) is 5.65 Å². The molecule has 2 aromatic heterocycles. The fraction of sp³-hybridized carbons (Fsp3) is 0.143. The number of halogens is 1. The Morgan fingerprint density at radius 3 is 2.78 bits per heavy atom. The molecule has 0 bridgehead atoms. The summed E-state index contributed by atoms with van der Waals surface area (Å²) in [6.07, 6.45) is 1.82. The molecule has 1 N–H and O–H groups in total. The van der Waals surface area contributed by atoms with Gasteiger partial charge in [0.2, 0.25) is 0 Å². The molecule has 0 saturated heterocycles. The van der Waals surface area contributed by atoms with E-state index in [1.165, 1.54) is 0 Å². The summed E-state index contributed by atoms with van der Waals surface area (Å²) in [6.45, 7) is 4.00. The molecule has 0 aliphatic rings. The van der Waals surface area contributed by atoms with Crippen LogP contribution >= 0.6 is 11.6 Å². The fourth-order valence-electron chi connectivity index (χ4n) is 1.93. The molecule has 0 fully saturated rings. The third kappa shape index (κ3) is 1.87. The van der Waals surface area contributed by atoms with Crippen LogP contribution in [0.1, 0.15) is 11.1 Å².